The third-order valence-electron chi connectivity index (χ3n) is 3.76. The number of ether oxygens (including phenoxy) is 1. The van der Waals surface area contributed by atoms with Crippen molar-refractivity contribution in [3.05, 3.63) is 24.3 Å². The number of hydrogen-bond donors (Lipinski definition) is 1. The molecule has 1 aromatic rings. The Kier molecular flexibility index (Phi) is 5.52. The van der Waals surface area contributed by atoms with Crippen LogP contribution in [0.4, 0.5) is 11.4 Å². The summed E-state index contributed by atoms with van der Waals surface area (Å²) in [7, 11) is 1.76. The van der Waals surface area contributed by atoms with Crippen molar-refractivity contribution in [2.24, 2.45) is 0 Å². The number of piperidine rings is 1. The Hall–Kier alpha value is -1.22. The fraction of sp³-hybridized carbons (Fsp3) is 0.625. The van der Waals surface area contributed by atoms with Crippen molar-refractivity contribution >= 4 is 11.4 Å². The lowest BCUT2D eigenvalue weighted by molar-refractivity contribution is 0.191. The minimum absolute atomic E-state index is 0.436. The summed E-state index contributed by atoms with van der Waals surface area (Å²) in [5.74, 6) is 0. The third-order valence-corrected chi connectivity index (χ3v) is 3.76. The van der Waals surface area contributed by atoms with E-state index in [1.807, 2.05) is 0 Å². The Morgan fingerprint density at radius 2 is 1.95 bits per heavy atom. The zero-order valence-corrected chi connectivity index (χ0v) is 12.2. The summed E-state index contributed by atoms with van der Waals surface area (Å²) in [6.45, 7) is 5.39. The molecule has 0 saturated carbocycles. The molecule has 2 rings (SSSR count). The van der Waals surface area contributed by atoms with Crippen LogP contribution in [0.5, 0.6) is 0 Å². The van der Waals surface area contributed by atoms with Gasteiger partial charge in [0.1, 0.15) is 0 Å². The highest BCUT2D eigenvalue weighted by Crippen LogP contribution is 2.28. The van der Waals surface area contributed by atoms with Crippen LogP contribution in [0.3, 0.4) is 0 Å². The van der Waals surface area contributed by atoms with E-state index in [1.165, 1.54) is 43.7 Å². The summed E-state index contributed by atoms with van der Waals surface area (Å²) in [6, 6.07) is 9.10. The molecule has 0 aromatic heterocycles. The SMILES string of the molecule is COCCC(C)Nc1ccccc1N1CCCCC1. The lowest BCUT2D eigenvalue weighted by atomic mass is 10.1. The molecule has 0 radical (unpaired) electrons. The van der Waals surface area contributed by atoms with E-state index < -0.39 is 0 Å². The smallest absolute Gasteiger partial charge is 0.0602 e. The Balaban J connectivity index is 2.02. The van der Waals surface area contributed by atoms with Crippen molar-refractivity contribution < 1.29 is 4.74 Å². The number of para-hydroxylation sites is 2. The van der Waals surface area contributed by atoms with Gasteiger partial charge in [-0.05, 0) is 44.7 Å². The first-order valence-corrected chi connectivity index (χ1v) is 7.40. The molecule has 1 aliphatic heterocycles. The highest BCUT2D eigenvalue weighted by atomic mass is 16.5. The van der Waals surface area contributed by atoms with Crippen LogP contribution in [0.25, 0.3) is 0 Å². The molecule has 3 nitrogen and oxygen atoms in total. The van der Waals surface area contributed by atoms with Gasteiger partial charge in [-0.25, -0.2) is 0 Å². The standard InChI is InChI=1S/C16H26N2O/c1-14(10-13-19-2)17-15-8-4-5-9-16(15)18-11-6-3-7-12-18/h4-5,8-9,14,17H,3,6-7,10-13H2,1-2H3. The van der Waals surface area contributed by atoms with Crippen LogP contribution < -0.4 is 10.2 Å². The summed E-state index contributed by atoms with van der Waals surface area (Å²) < 4.78 is 5.15. The Morgan fingerprint density at radius 1 is 1.21 bits per heavy atom. The van der Waals surface area contributed by atoms with Gasteiger partial charge in [0.15, 0.2) is 0 Å². The first kappa shape index (κ1) is 14.2. The maximum Gasteiger partial charge on any atom is 0.0602 e. The molecular formula is C16H26N2O. The van der Waals surface area contributed by atoms with Crippen molar-refractivity contribution in [1.82, 2.24) is 0 Å². The van der Waals surface area contributed by atoms with E-state index in [-0.39, 0.29) is 0 Å². The van der Waals surface area contributed by atoms with Gasteiger partial charge in [0.2, 0.25) is 0 Å². The van der Waals surface area contributed by atoms with Gasteiger partial charge in [0.25, 0.3) is 0 Å². The summed E-state index contributed by atoms with van der Waals surface area (Å²) in [5.41, 5.74) is 2.61. The number of rotatable bonds is 6. The lowest BCUT2D eigenvalue weighted by Gasteiger charge is -2.31. The fourth-order valence-corrected chi connectivity index (χ4v) is 2.64. The summed E-state index contributed by atoms with van der Waals surface area (Å²) in [5, 5.41) is 3.62. The Bertz CT molecular complexity index is 375. The van der Waals surface area contributed by atoms with E-state index >= 15 is 0 Å². The molecule has 1 fully saturated rings. The Morgan fingerprint density at radius 3 is 2.68 bits per heavy atom. The van der Waals surface area contributed by atoms with Crippen LogP contribution in [0.2, 0.25) is 0 Å². The van der Waals surface area contributed by atoms with Crippen molar-refractivity contribution in [1.29, 1.82) is 0 Å². The molecule has 0 bridgehead atoms. The van der Waals surface area contributed by atoms with Gasteiger partial charge in [-0.3, -0.25) is 0 Å². The molecule has 0 amide bonds. The number of methoxy groups -OCH3 is 1. The van der Waals surface area contributed by atoms with Crippen molar-refractivity contribution in [3.63, 3.8) is 0 Å². The summed E-state index contributed by atoms with van der Waals surface area (Å²) >= 11 is 0. The second-order valence-corrected chi connectivity index (χ2v) is 5.39. The monoisotopic (exact) mass is 262 g/mol. The molecule has 1 aliphatic rings. The Labute approximate surface area is 116 Å². The largest absolute Gasteiger partial charge is 0.385 e. The van der Waals surface area contributed by atoms with Gasteiger partial charge < -0.3 is 15.0 Å². The highest BCUT2D eigenvalue weighted by molar-refractivity contribution is 5.70. The predicted molar refractivity (Wildman–Crippen MR) is 82.1 cm³/mol. The zero-order chi connectivity index (χ0) is 13.5. The van der Waals surface area contributed by atoms with Crippen LogP contribution in [0.1, 0.15) is 32.6 Å². The van der Waals surface area contributed by atoms with Crippen LogP contribution in [-0.4, -0.2) is 32.8 Å². The molecule has 1 aromatic carbocycles. The fourth-order valence-electron chi connectivity index (χ4n) is 2.64. The molecular weight excluding hydrogens is 236 g/mol. The molecule has 19 heavy (non-hydrogen) atoms. The second-order valence-electron chi connectivity index (χ2n) is 5.39. The molecule has 1 saturated heterocycles. The maximum atomic E-state index is 5.15. The van der Waals surface area contributed by atoms with E-state index in [0.717, 1.165) is 13.0 Å². The summed E-state index contributed by atoms with van der Waals surface area (Å²) in [4.78, 5) is 2.51. The van der Waals surface area contributed by atoms with E-state index in [2.05, 4.69) is 41.4 Å². The molecule has 1 N–H and O–H groups in total. The number of anilines is 2. The van der Waals surface area contributed by atoms with Gasteiger partial charge in [-0.15, -0.1) is 0 Å². The normalized spacial score (nSPS) is 17.3. The highest BCUT2D eigenvalue weighted by Gasteiger charge is 2.14. The number of hydrogen-bond acceptors (Lipinski definition) is 3. The van der Waals surface area contributed by atoms with E-state index in [0.29, 0.717) is 6.04 Å². The van der Waals surface area contributed by atoms with E-state index in [1.54, 1.807) is 7.11 Å². The quantitative estimate of drug-likeness (QED) is 0.849. The molecule has 1 atom stereocenters. The first-order chi connectivity index (χ1) is 9.31. The van der Waals surface area contributed by atoms with Gasteiger partial charge in [-0.1, -0.05) is 12.1 Å². The predicted octanol–water partition coefficient (Wildman–Crippen LogP) is 3.51. The average molecular weight is 262 g/mol. The number of nitrogens with zero attached hydrogens (tertiary/aromatic N) is 1. The zero-order valence-electron chi connectivity index (χ0n) is 12.2. The van der Waals surface area contributed by atoms with Crippen LogP contribution >= 0.6 is 0 Å². The number of nitrogens with one attached hydrogen (secondary N) is 1. The molecule has 3 heteroatoms. The van der Waals surface area contributed by atoms with Crippen molar-refractivity contribution in [2.45, 2.75) is 38.6 Å². The minimum Gasteiger partial charge on any atom is -0.385 e. The average Bonchev–Trinajstić information content (AvgIpc) is 2.46. The molecule has 0 spiro atoms. The van der Waals surface area contributed by atoms with Gasteiger partial charge in [-0.2, -0.15) is 0 Å². The van der Waals surface area contributed by atoms with Crippen LogP contribution in [0, 0.1) is 0 Å². The van der Waals surface area contributed by atoms with E-state index in [9.17, 15) is 0 Å². The van der Waals surface area contributed by atoms with Crippen molar-refractivity contribution in [3.8, 4) is 0 Å². The van der Waals surface area contributed by atoms with Crippen LogP contribution in [0.15, 0.2) is 24.3 Å². The lowest BCUT2D eigenvalue weighted by Crippen LogP contribution is -2.30. The molecule has 1 unspecified atom stereocenters. The van der Waals surface area contributed by atoms with Gasteiger partial charge in [0.05, 0.1) is 11.4 Å². The molecule has 0 aliphatic carbocycles. The molecule has 106 valence electrons. The van der Waals surface area contributed by atoms with Gasteiger partial charge >= 0.3 is 0 Å². The summed E-state index contributed by atoms with van der Waals surface area (Å²) in [6.07, 6.45) is 5.03. The maximum absolute atomic E-state index is 5.15. The number of benzene rings is 1. The minimum atomic E-state index is 0.436. The van der Waals surface area contributed by atoms with Crippen molar-refractivity contribution in [2.75, 3.05) is 37.0 Å². The molecule has 1 heterocycles. The third kappa shape index (κ3) is 4.13. The second kappa shape index (κ2) is 7.39. The first-order valence-electron chi connectivity index (χ1n) is 7.40. The van der Waals surface area contributed by atoms with E-state index in [4.69, 9.17) is 4.74 Å². The van der Waals surface area contributed by atoms with Gasteiger partial charge in [0, 0.05) is 32.8 Å². The van der Waals surface area contributed by atoms with Crippen LogP contribution in [-0.2, 0) is 4.74 Å². The topological polar surface area (TPSA) is 24.5 Å².